The molecular formula is C10H14INO3S. The minimum absolute atomic E-state index is 0.282. The first kappa shape index (κ1) is 13.9. The lowest BCUT2D eigenvalue weighted by Crippen LogP contribution is -2.27. The van der Waals surface area contributed by atoms with Crippen molar-refractivity contribution in [3.8, 4) is 0 Å². The molecule has 6 heteroatoms. The average molecular weight is 355 g/mol. The van der Waals surface area contributed by atoms with E-state index < -0.39 is 10.0 Å². The van der Waals surface area contributed by atoms with E-state index in [1.54, 1.807) is 18.2 Å². The van der Waals surface area contributed by atoms with Gasteiger partial charge in [0.15, 0.2) is 0 Å². The Morgan fingerprint density at radius 3 is 2.69 bits per heavy atom. The van der Waals surface area contributed by atoms with Gasteiger partial charge in [-0.05, 0) is 53.3 Å². The van der Waals surface area contributed by atoms with Gasteiger partial charge in [-0.25, -0.2) is 13.1 Å². The summed E-state index contributed by atoms with van der Waals surface area (Å²) in [6.45, 7) is 2.53. The van der Waals surface area contributed by atoms with E-state index in [9.17, 15) is 8.42 Å². The van der Waals surface area contributed by atoms with Crippen LogP contribution >= 0.6 is 22.6 Å². The van der Waals surface area contributed by atoms with Crippen LogP contribution in [0.3, 0.4) is 0 Å². The molecule has 0 bridgehead atoms. The van der Waals surface area contributed by atoms with E-state index in [1.165, 1.54) is 7.11 Å². The highest BCUT2D eigenvalue weighted by atomic mass is 127. The van der Waals surface area contributed by atoms with Crippen molar-refractivity contribution in [3.05, 3.63) is 27.3 Å². The van der Waals surface area contributed by atoms with Gasteiger partial charge in [-0.3, -0.25) is 0 Å². The predicted molar refractivity (Wildman–Crippen MR) is 71.0 cm³/mol. The molecule has 90 valence electrons. The number of ether oxygens (including phenoxy) is 1. The number of halogens is 1. The van der Waals surface area contributed by atoms with Crippen LogP contribution in [0.2, 0.25) is 0 Å². The molecule has 1 rings (SSSR count). The van der Waals surface area contributed by atoms with Crippen LogP contribution in [-0.2, 0) is 14.8 Å². The molecule has 16 heavy (non-hydrogen) atoms. The first-order valence-corrected chi connectivity index (χ1v) is 7.28. The lowest BCUT2D eigenvalue weighted by Gasteiger charge is -2.07. The first-order valence-electron chi connectivity index (χ1n) is 4.72. The molecule has 0 saturated heterocycles. The number of methoxy groups -OCH3 is 1. The summed E-state index contributed by atoms with van der Waals surface area (Å²) in [6, 6.07) is 5.06. The van der Waals surface area contributed by atoms with E-state index in [-0.39, 0.29) is 6.54 Å². The largest absolute Gasteiger partial charge is 0.383 e. The van der Waals surface area contributed by atoms with Crippen LogP contribution in [0.4, 0.5) is 0 Å². The smallest absolute Gasteiger partial charge is 0.240 e. The van der Waals surface area contributed by atoms with Crippen molar-refractivity contribution < 1.29 is 13.2 Å². The summed E-state index contributed by atoms with van der Waals surface area (Å²) in [5.74, 6) is 0. The molecule has 1 N–H and O–H groups in total. The van der Waals surface area contributed by atoms with E-state index >= 15 is 0 Å². The third-order valence-corrected chi connectivity index (χ3v) is 4.71. The third-order valence-electron chi connectivity index (χ3n) is 2.04. The summed E-state index contributed by atoms with van der Waals surface area (Å²) in [5.41, 5.74) is 0.954. The molecule has 0 atom stereocenters. The Hall–Kier alpha value is -0.180. The molecule has 0 aromatic heterocycles. The van der Waals surface area contributed by atoms with E-state index in [1.807, 2.05) is 6.92 Å². The SMILES string of the molecule is COCCNS(=O)(=O)c1ccc(I)c(C)c1. The van der Waals surface area contributed by atoms with Crippen molar-refractivity contribution in [2.24, 2.45) is 0 Å². The van der Waals surface area contributed by atoms with Crippen LogP contribution in [0.25, 0.3) is 0 Å². The van der Waals surface area contributed by atoms with Crippen molar-refractivity contribution in [1.29, 1.82) is 0 Å². The number of rotatable bonds is 5. The molecule has 0 aliphatic carbocycles. The van der Waals surface area contributed by atoms with Crippen molar-refractivity contribution >= 4 is 32.6 Å². The Morgan fingerprint density at radius 1 is 1.44 bits per heavy atom. The Bertz CT molecular complexity index is 459. The van der Waals surface area contributed by atoms with Crippen LogP contribution in [0.15, 0.2) is 23.1 Å². The standard InChI is InChI=1S/C10H14INO3S/c1-8-7-9(3-4-10(8)11)16(13,14)12-5-6-15-2/h3-4,7,12H,5-6H2,1-2H3. The average Bonchev–Trinajstić information content (AvgIpc) is 2.22. The molecule has 1 aromatic rings. The number of aryl methyl sites for hydroxylation is 1. The number of hydrogen-bond acceptors (Lipinski definition) is 3. The van der Waals surface area contributed by atoms with Crippen LogP contribution < -0.4 is 4.72 Å². The van der Waals surface area contributed by atoms with Crippen LogP contribution in [0, 0.1) is 10.5 Å². The van der Waals surface area contributed by atoms with Crippen LogP contribution in [0.5, 0.6) is 0 Å². The molecule has 0 heterocycles. The fourth-order valence-corrected chi connectivity index (χ4v) is 2.58. The summed E-state index contributed by atoms with van der Waals surface area (Å²) in [5, 5.41) is 0. The lowest BCUT2D eigenvalue weighted by molar-refractivity contribution is 0.204. The normalized spacial score (nSPS) is 11.7. The number of hydrogen-bond donors (Lipinski definition) is 1. The van der Waals surface area contributed by atoms with Gasteiger partial charge in [0.25, 0.3) is 0 Å². The topological polar surface area (TPSA) is 55.4 Å². The Kier molecular flexibility index (Phi) is 5.16. The maximum absolute atomic E-state index is 11.8. The zero-order valence-corrected chi connectivity index (χ0v) is 12.1. The Balaban J connectivity index is 2.86. The second-order valence-electron chi connectivity index (χ2n) is 3.30. The third kappa shape index (κ3) is 3.69. The van der Waals surface area contributed by atoms with Gasteiger partial charge in [0.1, 0.15) is 0 Å². The minimum atomic E-state index is -3.41. The van der Waals surface area contributed by atoms with Gasteiger partial charge in [0.05, 0.1) is 11.5 Å². The van der Waals surface area contributed by atoms with Gasteiger partial charge in [-0.1, -0.05) is 0 Å². The zero-order valence-electron chi connectivity index (χ0n) is 9.16. The number of sulfonamides is 1. The van der Waals surface area contributed by atoms with E-state index in [0.29, 0.717) is 11.5 Å². The molecule has 0 aliphatic rings. The molecule has 0 saturated carbocycles. The number of nitrogens with one attached hydrogen (secondary N) is 1. The zero-order chi connectivity index (χ0) is 12.2. The second kappa shape index (κ2) is 5.95. The van der Waals surface area contributed by atoms with Crippen molar-refractivity contribution in [2.75, 3.05) is 20.3 Å². The van der Waals surface area contributed by atoms with Crippen molar-refractivity contribution in [2.45, 2.75) is 11.8 Å². The maximum atomic E-state index is 11.8. The van der Waals surface area contributed by atoms with Gasteiger partial charge in [-0.15, -0.1) is 0 Å². The van der Waals surface area contributed by atoms with Crippen molar-refractivity contribution in [3.63, 3.8) is 0 Å². The summed E-state index contributed by atoms with van der Waals surface area (Å²) < 4.78 is 31.9. The fourth-order valence-electron chi connectivity index (χ4n) is 1.15. The van der Waals surface area contributed by atoms with Gasteiger partial charge >= 0.3 is 0 Å². The fraction of sp³-hybridized carbons (Fsp3) is 0.400. The molecule has 0 radical (unpaired) electrons. The molecule has 1 aromatic carbocycles. The van der Waals surface area contributed by atoms with Gasteiger partial charge in [0.2, 0.25) is 10.0 Å². The minimum Gasteiger partial charge on any atom is -0.383 e. The van der Waals surface area contributed by atoms with Crippen molar-refractivity contribution in [1.82, 2.24) is 4.72 Å². The summed E-state index contributed by atoms with van der Waals surface area (Å²) in [7, 11) is -1.87. The molecule has 0 spiro atoms. The highest BCUT2D eigenvalue weighted by molar-refractivity contribution is 14.1. The highest BCUT2D eigenvalue weighted by Crippen LogP contribution is 2.16. The van der Waals surface area contributed by atoms with E-state index in [4.69, 9.17) is 4.74 Å². The molecule has 0 amide bonds. The number of benzene rings is 1. The molecule has 0 aliphatic heterocycles. The molecular weight excluding hydrogens is 341 g/mol. The Labute approximate surface area is 110 Å². The quantitative estimate of drug-likeness (QED) is 0.644. The summed E-state index contributed by atoms with van der Waals surface area (Å²) >= 11 is 2.17. The summed E-state index contributed by atoms with van der Waals surface area (Å²) in [6.07, 6.45) is 0. The molecule has 0 fully saturated rings. The van der Waals surface area contributed by atoms with Gasteiger partial charge in [0, 0.05) is 17.2 Å². The predicted octanol–water partition coefficient (Wildman–Crippen LogP) is 1.52. The first-order chi connectivity index (χ1) is 7.47. The summed E-state index contributed by atoms with van der Waals surface area (Å²) in [4.78, 5) is 0.293. The van der Waals surface area contributed by atoms with Gasteiger partial charge < -0.3 is 4.74 Å². The molecule has 4 nitrogen and oxygen atoms in total. The van der Waals surface area contributed by atoms with Crippen LogP contribution in [0.1, 0.15) is 5.56 Å². The maximum Gasteiger partial charge on any atom is 0.240 e. The second-order valence-corrected chi connectivity index (χ2v) is 6.23. The highest BCUT2D eigenvalue weighted by Gasteiger charge is 2.13. The van der Waals surface area contributed by atoms with Crippen LogP contribution in [-0.4, -0.2) is 28.7 Å². The van der Waals surface area contributed by atoms with E-state index in [0.717, 1.165) is 9.13 Å². The Morgan fingerprint density at radius 2 is 2.12 bits per heavy atom. The van der Waals surface area contributed by atoms with Gasteiger partial charge in [-0.2, -0.15) is 0 Å². The monoisotopic (exact) mass is 355 g/mol. The van der Waals surface area contributed by atoms with E-state index in [2.05, 4.69) is 27.3 Å². The molecule has 0 unspecified atom stereocenters. The lowest BCUT2D eigenvalue weighted by atomic mass is 10.2.